The summed E-state index contributed by atoms with van der Waals surface area (Å²) in [5, 5.41) is 1.38. The van der Waals surface area contributed by atoms with E-state index in [0.29, 0.717) is 6.04 Å². The molecule has 0 spiro atoms. The smallest absolute Gasteiger partial charge is 0.0867 e. The van der Waals surface area contributed by atoms with Gasteiger partial charge >= 0.3 is 0 Å². The number of aromatic nitrogens is 2. The van der Waals surface area contributed by atoms with Crippen LogP contribution in [0.1, 0.15) is 18.4 Å². The van der Waals surface area contributed by atoms with E-state index >= 15 is 0 Å². The van der Waals surface area contributed by atoms with Crippen molar-refractivity contribution in [2.75, 3.05) is 19.8 Å². The first-order valence-corrected chi connectivity index (χ1v) is 9.79. The first kappa shape index (κ1) is 15.7. The third kappa shape index (κ3) is 2.74. The van der Waals surface area contributed by atoms with Crippen LogP contribution < -0.4 is 0 Å². The summed E-state index contributed by atoms with van der Waals surface area (Å²) in [4.78, 5) is 12.1. The molecule has 1 aliphatic rings. The number of likely N-dealkylation sites (tertiary alicyclic amines) is 1. The molecule has 1 saturated heterocycles. The highest BCUT2D eigenvalue weighted by Crippen LogP contribution is 2.37. The molecule has 124 valence electrons. The quantitative estimate of drug-likeness (QED) is 0.707. The first-order valence-electron chi connectivity index (χ1n) is 8.57. The van der Waals surface area contributed by atoms with Crippen molar-refractivity contribution < 1.29 is 0 Å². The molecule has 1 atom stereocenters. The zero-order chi connectivity index (χ0) is 16.5. The Kier molecular flexibility index (Phi) is 4.33. The number of likely N-dealkylation sites (N-methyl/N-ethyl adjacent to an activating group) is 1. The van der Waals surface area contributed by atoms with Gasteiger partial charge in [-0.2, -0.15) is 0 Å². The number of aromatic amines is 1. The van der Waals surface area contributed by atoms with Crippen LogP contribution in [-0.2, 0) is 6.42 Å². The minimum absolute atomic E-state index is 0.626. The number of H-pyrrole nitrogens is 1. The van der Waals surface area contributed by atoms with E-state index in [-0.39, 0.29) is 0 Å². The van der Waals surface area contributed by atoms with Crippen LogP contribution in [0.15, 0.2) is 47.5 Å². The lowest BCUT2D eigenvalue weighted by molar-refractivity contribution is 0.310. The largest absolute Gasteiger partial charge is 0.353 e. The molecule has 2 aromatic heterocycles. The Hall–Kier alpha value is -1.78. The van der Waals surface area contributed by atoms with E-state index in [1.54, 1.807) is 0 Å². The van der Waals surface area contributed by atoms with Gasteiger partial charge in [-0.3, -0.25) is 4.98 Å². The lowest BCUT2D eigenvalue weighted by Gasteiger charge is -2.20. The van der Waals surface area contributed by atoms with Crippen molar-refractivity contribution in [2.24, 2.45) is 0 Å². The number of nitrogens with one attached hydrogen (secondary N) is 1. The lowest BCUT2D eigenvalue weighted by atomic mass is 9.99. The summed E-state index contributed by atoms with van der Waals surface area (Å²) in [6.45, 7) is 1.21. The predicted molar refractivity (Wildman–Crippen MR) is 103 cm³/mol. The molecular formula is C20H23N3S. The van der Waals surface area contributed by atoms with Crippen molar-refractivity contribution in [1.29, 1.82) is 0 Å². The van der Waals surface area contributed by atoms with Crippen LogP contribution in [0.4, 0.5) is 0 Å². The van der Waals surface area contributed by atoms with Gasteiger partial charge in [0, 0.05) is 28.0 Å². The van der Waals surface area contributed by atoms with Crippen molar-refractivity contribution >= 4 is 22.7 Å². The minimum Gasteiger partial charge on any atom is -0.353 e. The molecule has 1 N–H and O–H groups in total. The highest BCUT2D eigenvalue weighted by Gasteiger charge is 2.25. The number of nitrogens with zero attached hydrogens (tertiary/aromatic N) is 2. The van der Waals surface area contributed by atoms with E-state index in [1.165, 1.54) is 46.4 Å². The molecule has 24 heavy (non-hydrogen) atoms. The number of hydrogen-bond acceptors (Lipinski definition) is 3. The average molecular weight is 337 g/mol. The van der Waals surface area contributed by atoms with E-state index in [2.05, 4.69) is 58.5 Å². The van der Waals surface area contributed by atoms with Crippen molar-refractivity contribution in [1.82, 2.24) is 14.9 Å². The zero-order valence-corrected chi connectivity index (χ0v) is 15.1. The Morgan fingerprint density at radius 3 is 2.88 bits per heavy atom. The SMILES string of the molecule is CSc1cccc2[nH]c(-c3ccccn3)c(C[C@H]3CCCN3C)c12. The van der Waals surface area contributed by atoms with Crippen LogP contribution in [0.25, 0.3) is 22.3 Å². The molecule has 0 aliphatic carbocycles. The summed E-state index contributed by atoms with van der Waals surface area (Å²) in [5.41, 5.74) is 4.87. The number of benzene rings is 1. The molecule has 0 saturated carbocycles. The molecule has 3 nitrogen and oxygen atoms in total. The lowest BCUT2D eigenvalue weighted by Crippen LogP contribution is -2.27. The Balaban J connectivity index is 1.89. The maximum absolute atomic E-state index is 4.60. The molecule has 0 bridgehead atoms. The van der Waals surface area contributed by atoms with Crippen molar-refractivity contribution in [3.05, 3.63) is 48.2 Å². The molecule has 0 unspecified atom stereocenters. The Bertz CT molecular complexity index is 841. The molecule has 3 aromatic rings. The van der Waals surface area contributed by atoms with Crippen LogP contribution in [0.5, 0.6) is 0 Å². The normalized spacial score (nSPS) is 18.5. The summed E-state index contributed by atoms with van der Waals surface area (Å²) >= 11 is 1.83. The van der Waals surface area contributed by atoms with Crippen molar-refractivity contribution in [2.45, 2.75) is 30.2 Å². The van der Waals surface area contributed by atoms with E-state index in [9.17, 15) is 0 Å². The number of hydrogen-bond donors (Lipinski definition) is 1. The standard InChI is InChI=1S/C20H23N3S/c1-23-12-6-7-14(23)13-15-19-16(9-5-10-18(19)24-2)22-20(15)17-8-3-4-11-21-17/h3-5,8-11,14,22H,6-7,12-13H2,1-2H3/t14-/m1/s1. The van der Waals surface area contributed by atoms with E-state index in [0.717, 1.165) is 12.1 Å². The van der Waals surface area contributed by atoms with Gasteiger partial charge in [-0.05, 0) is 68.9 Å². The van der Waals surface area contributed by atoms with Crippen LogP contribution in [-0.4, -0.2) is 40.8 Å². The van der Waals surface area contributed by atoms with Gasteiger partial charge in [0.25, 0.3) is 0 Å². The molecular weight excluding hydrogens is 314 g/mol. The fourth-order valence-electron chi connectivity index (χ4n) is 3.86. The Morgan fingerprint density at radius 1 is 1.25 bits per heavy atom. The van der Waals surface area contributed by atoms with Crippen molar-refractivity contribution in [3.8, 4) is 11.4 Å². The van der Waals surface area contributed by atoms with Crippen LogP contribution in [0.3, 0.4) is 0 Å². The molecule has 1 aliphatic heterocycles. The second kappa shape index (κ2) is 6.61. The number of thioether (sulfide) groups is 1. The van der Waals surface area contributed by atoms with Gasteiger partial charge < -0.3 is 9.88 Å². The zero-order valence-electron chi connectivity index (χ0n) is 14.2. The van der Waals surface area contributed by atoms with E-state index in [4.69, 9.17) is 0 Å². The van der Waals surface area contributed by atoms with Gasteiger partial charge in [-0.25, -0.2) is 0 Å². The van der Waals surface area contributed by atoms with Crippen LogP contribution in [0, 0.1) is 0 Å². The molecule has 1 fully saturated rings. The van der Waals surface area contributed by atoms with Gasteiger partial charge in [-0.1, -0.05) is 12.1 Å². The summed E-state index contributed by atoms with van der Waals surface area (Å²) < 4.78 is 0. The molecule has 0 amide bonds. The molecule has 0 radical (unpaired) electrons. The number of fused-ring (bicyclic) bond motifs is 1. The highest BCUT2D eigenvalue weighted by molar-refractivity contribution is 7.98. The summed E-state index contributed by atoms with van der Waals surface area (Å²) in [5.74, 6) is 0. The molecule has 4 rings (SSSR count). The third-order valence-corrected chi connectivity index (χ3v) is 5.92. The topological polar surface area (TPSA) is 31.9 Å². The van der Waals surface area contributed by atoms with Crippen LogP contribution in [0.2, 0.25) is 0 Å². The fourth-order valence-corrected chi connectivity index (χ4v) is 4.51. The Labute approximate surface area is 147 Å². The van der Waals surface area contributed by atoms with E-state index in [1.807, 2.05) is 24.0 Å². The van der Waals surface area contributed by atoms with Gasteiger partial charge in [0.05, 0.1) is 11.4 Å². The van der Waals surface area contributed by atoms with Gasteiger partial charge in [0.15, 0.2) is 0 Å². The van der Waals surface area contributed by atoms with Gasteiger partial charge in [0.2, 0.25) is 0 Å². The maximum Gasteiger partial charge on any atom is 0.0867 e. The molecule has 4 heteroatoms. The average Bonchev–Trinajstić information content (AvgIpc) is 3.20. The van der Waals surface area contributed by atoms with Gasteiger partial charge in [-0.15, -0.1) is 11.8 Å². The fraction of sp³-hybridized carbons (Fsp3) is 0.350. The van der Waals surface area contributed by atoms with Gasteiger partial charge in [0.1, 0.15) is 0 Å². The molecule has 3 heterocycles. The van der Waals surface area contributed by atoms with E-state index < -0.39 is 0 Å². The van der Waals surface area contributed by atoms with Crippen LogP contribution >= 0.6 is 11.8 Å². The monoisotopic (exact) mass is 337 g/mol. The second-order valence-electron chi connectivity index (χ2n) is 6.56. The summed E-state index contributed by atoms with van der Waals surface area (Å²) in [7, 11) is 2.25. The second-order valence-corrected chi connectivity index (χ2v) is 7.41. The highest BCUT2D eigenvalue weighted by atomic mass is 32.2. The maximum atomic E-state index is 4.60. The summed E-state index contributed by atoms with van der Waals surface area (Å²) in [6, 6.07) is 13.3. The number of pyridine rings is 1. The summed E-state index contributed by atoms with van der Waals surface area (Å²) in [6.07, 6.45) is 7.71. The van der Waals surface area contributed by atoms with Crippen molar-refractivity contribution in [3.63, 3.8) is 0 Å². The predicted octanol–water partition coefficient (Wildman–Crippen LogP) is 4.59. The number of rotatable bonds is 4. The first-order chi connectivity index (χ1) is 11.8. The Morgan fingerprint density at radius 2 is 2.17 bits per heavy atom. The third-order valence-electron chi connectivity index (χ3n) is 5.14. The minimum atomic E-state index is 0.626. The molecule has 1 aromatic carbocycles.